The molecule has 1 saturated carbocycles. The molecule has 1 fully saturated rings. The van der Waals surface area contributed by atoms with Gasteiger partial charge in [0.1, 0.15) is 0 Å². The normalized spacial score (nSPS) is 44.7. The number of allylic oxidation sites excluding steroid dienone is 5. The van der Waals surface area contributed by atoms with E-state index < -0.39 is 0 Å². The Balaban J connectivity index is 1.58. The highest BCUT2D eigenvalue weighted by Gasteiger charge is 2.48. The van der Waals surface area contributed by atoms with Crippen LogP contribution in [-0.4, -0.2) is 12.1 Å². The van der Waals surface area contributed by atoms with Gasteiger partial charge in [0.15, 0.2) is 0 Å². The highest BCUT2D eigenvalue weighted by Crippen LogP contribution is 2.53. The zero-order valence-electron chi connectivity index (χ0n) is 20.5. The number of nitrogens with one attached hydrogen (secondary N) is 2. The van der Waals surface area contributed by atoms with Gasteiger partial charge in [-0.05, 0) is 93.5 Å². The van der Waals surface area contributed by atoms with Gasteiger partial charge in [0.25, 0.3) is 0 Å². The highest BCUT2D eigenvalue weighted by molar-refractivity contribution is 5.53. The Labute approximate surface area is 190 Å². The Morgan fingerprint density at radius 3 is 2.48 bits per heavy atom. The first-order valence-electron chi connectivity index (χ1n) is 13.2. The molecule has 0 aromatic rings. The molecule has 1 heterocycles. The van der Waals surface area contributed by atoms with Gasteiger partial charge < -0.3 is 10.6 Å². The van der Waals surface area contributed by atoms with Crippen LogP contribution >= 0.6 is 0 Å². The molecule has 0 radical (unpaired) electrons. The second-order valence-corrected chi connectivity index (χ2v) is 11.9. The summed E-state index contributed by atoms with van der Waals surface area (Å²) in [5.74, 6) is 3.92. The van der Waals surface area contributed by atoms with Crippen molar-refractivity contribution in [3.63, 3.8) is 0 Å². The van der Waals surface area contributed by atoms with Crippen molar-refractivity contribution in [2.45, 2.75) is 98.1 Å². The summed E-state index contributed by atoms with van der Waals surface area (Å²) in [6.07, 6.45) is 20.0. The minimum Gasteiger partial charge on any atom is -0.384 e. The molecule has 8 atom stereocenters. The molecule has 0 saturated heterocycles. The fourth-order valence-electron chi connectivity index (χ4n) is 7.45. The van der Waals surface area contributed by atoms with Crippen molar-refractivity contribution in [3.05, 3.63) is 46.8 Å². The molecule has 5 aliphatic rings. The summed E-state index contributed by atoms with van der Waals surface area (Å²) in [5.41, 5.74) is 6.62. The van der Waals surface area contributed by atoms with Gasteiger partial charge >= 0.3 is 0 Å². The quantitative estimate of drug-likeness (QED) is 0.486. The van der Waals surface area contributed by atoms with E-state index in [2.05, 4.69) is 69.6 Å². The molecule has 31 heavy (non-hydrogen) atoms. The first-order valence-corrected chi connectivity index (χ1v) is 13.2. The van der Waals surface area contributed by atoms with Crippen LogP contribution in [0, 0.1) is 35.0 Å². The summed E-state index contributed by atoms with van der Waals surface area (Å²) < 4.78 is 0. The van der Waals surface area contributed by atoms with Crippen LogP contribution in [0.4, 0.5) is 0 Å². The molecule has 5 rings (SSSR count). The van der Waals surface area contributed by atoms with E-state index in [9.17, 15) is 0 Å². The highest BCUT2D eigenvalue weighted by atomic mass is 15.0. The Hall–Kier alpha value is -1.44. The summed E-state index contributed by atoms with van der Waals surface area (Å²) >= 11 is 0. The van der Waals surface area contributed by atoms with Crippen LogP contribution in [0.1, 0.15) is 86.0 Å². The van der Waals surface area contributed by atoms with Gasteiger partial charge in [-0.3, -0.25) is 0 Å². The topological polar surface area (TPSA) is 24.1 Å². The van der Waals surface area contributed by atoms with Gasteiger partial charge in [-0.25, -0.2) is 0 Å². The second-order valence-electron chi connectivity index (χ2n) is 11.9. The van der Waals surface area contributed by atoms with Gasteiger partial charge in [-0.1, -0.05) is 52.0 Å². The minimum atomic E-state index is 0.139. The van der Waals surface area contributed by atoms with E-state index in [1.807, 2.05) is 0 Å². The van der Waals surface area contributed by atoms with Crippen molar-refractivity contribution in [1.82, 2.24) is 10.6 Å². The molecule has 8 unspecified atom stereocenters. The van der Waals surface area contributed by atoms with E-state index in [1.54, 1.807) is 22.5 Å². The SMILES string of the molecule is CC1CC(C)C(C2=C(NC3C=CCCC3C)C3=C(CC2)NC2CCC=CC32C)CC1C. The van der Waals surface area contributed by atoms with Gasteiger partial charge in [-0.2, -0.15) is 0 Å². The van der Waals surface area contributed by atoms with E-state index in [0.717, 1.165) is 23.7 Å². The lowest BCUT2D eigenvalue weighted by Gasteiger charge is -2.43. The summed E-state index contributed by atoms with van der Waals surface area (Å²) in [6, 6.07) is 1.04. The predicted molar refractivity (Wildman–Crippen MR) is 131 cm³/mol. The molecule has 2 heteroatoms. The molecule has 0 aromatic heterocycles. The lowest BCUT2D eigenvalue weighted by Crippen LogP contribution is -2.42. The van der Waals surface area contributed by atoms with Crippen molar-refractivity contribution in [2.75, 3.05) is 0 Å². The van der Waals surface area contributed by atoms with Crippen LogP contribution in [0.15, 0.2) is 46.8 Å². The molecule has 2 nitrogen and oxygen atoms in total. The van der Waals surface area contributed by atoms with Crippen LogP contribution in [-0.2, 0) is 0 Å². The van der Waals surface area contributed by atoms with Crippen LogP contribution in [0.25, 0.3) is 0 Å². The molecular formula is C29H44N2. The second kappa shape index (κ2) is 8.16. The molecule has 170 valence electrons. The minimum absolute atomic E-state index is 0.139. The fraction of sp³-hybridized carbons (Fsp3) is 0.724. The lowest BCUT2D eigenvalue weighted by atomic mass is 9.64. The number of rotatable bonds is 3. The standard InChI is InChI=1S/C29H44N2/c1-18-10-6-7-11-24(18)31-28-22(23-17-20(3)19(2)16-21(23)4)13-14-25-27(28)29(5)15-9-8-12-26(29)30-25/h7,9,11,15,18-21,23-24,26,30-31H,6,8,10,12-14,16-17H2,1-5H3. The molecule has 4 aliphatic carbocycles. The van der Waals surface area contributed by atoms with Crippen molar-refractivity contribution in [2.24, 2.45) is 35.0 Å². The zero-order valence-corrected chi connectivity index (χ0v) is 20.5. The third kappa shape index (κ3) is 3.62. The van der Waals surface area contributed by atoms with E-state index in [-0.39, 0.29) is 5.41 Å². The van der Waals surface area contributed by atoms with E-state index in [1.165, 1.54) is 51.4 Å². The number of fused-ring (bicyclic) bond motifs is 2. The average molecular weight is 421 g/mol. The Morgan fingerprint density at radius 2 is 1.68 bits per heavy atom. The molecule has 0 aromatic carbocycles. The van der Waals surface area contributed by atoms with Gasteiger partial charge in [0.05, 0.1) is 0 Å². The third-order valence-electron chi connectivity index (χ3n) is 9.75. The number of hydrogen-bond donors (Lipinski definition) is 2. The lowest BCUT2D eigenvalue weighted by molar-refractivity contribution is 0.162. The maximum atomic E-state index is 4.19. The monoisotopic (exact) mass is 420 g/mol. The predicted octanol–water partition coefficient (Wildman–Crippen LogP) is 6.88. The summed E-state index contributed by atoms with van der Waals surface area (Å²) in [4.78, 5) is 0. The first-order chi connectivity index (χ1) is 14.9. The molecule has 0 amide bonds. The molecule has 2 N–H and O–H groups in total. The third-order valence-corrected chi connectivity index (χ3v) is 9.75. The molecular weight excluding hydrogens is 376 g/mol. The van der Waals surface area contributed by atoms with E-state index in [4.69, 9.17) is 0 Å². The van der Waals surface area contributed by atoms with Crippen molar-refractivity contribution < 1.29 is 0 Å². The van der Waals surface area contributed by atoms with Crippen LogP contribution in [0.3, 0.4) is 0 Å². The summed E-state index contributed by atoms with van der Waals surface area (Å²) in [5, 5.41) is 8.19. The maximum Gasteiger partial charge on any atom is 0.0470 e. The first kappa shape index (κ1) is 21.4. The van der Waals surface area contributed by atoms with Crippen molar-refractivity contribution >= 4 is 0 Å². The van der Waals surface area contributed by atoms with E-state index >= 15 is 0 Å². The Morgan fingerprint density at radius 1 is 0.903 bits per heavy atom. The largest absolute Gasteiger partial charge is 0.384 e. The van der Waals surface area contributed by atoms with Crippen LogP contribution in [0.5, 0.6) is 0 Å². The Kier molecular flexibility index (Phi) is 5.64. The average Bonchev–Trinajstić information content (AvgIpc) is 3.05. The zero-order chi connectivity index (χ0) is 21.8. The fourth-order valence-corrected chi connectivity index (χ4v) is 7.45. The van der Waals surface area contributed by atoms with Gasteiger partial charge in [-0.15, -0.1) is 0 Å². The summed E-state index contributed by atoms with van der Waals surface area (Å²) in [7, 11) is 0. The maximum absolute atomic E-state index is 4.19. The van der Waals surface area contributed by atoms with Crippen molar-refractivity contribution in [3.8, 4) is 0 Å². The van der Waals surface area contributed by atoms with Crippen LogP contribution < -0.4 is 10.6 Å². The van der Waals surface area contributed by atoms with Gasteiger partial charge in [0, 0.05) is 34.5 Å². The molecule has 0 bridgehead atoms. The van der Waals surface area contributed by atoms with E-state index in [0.29, 0.717) is 18.0 Å². The number of hydrogen-bond acceptors (Lipinski definition) is 2. The van der Waals surface area contributed by atoms with Gasteiger partial charge in [0.2, 0.25) is 0 Å². The summed E-state index contributed by atoms with van der Waals surface area (Å²) in [6.45, 7) is 12.4. The molecule has 1 aliphatic heterocycles. The molecule has 0 spiro atoms. The smallest absolute Gasteiger partial charge is 0.0470 e. The Bertz CT molecular complexity index is 830. The van der Waals surface area contributed by atoms with Crippen LogP contribution in [0.2, 0.25) is 0 Å². The van der Waals surface area contributed by atoms with Crippen molar-refractivity contribution in [1.29, 1.82) is 0 Å².